The van der Waals surface area contributed by atoms with Crippen LogP contribution in [0.1, 0.15) is 46.1 Å². The van der Waals surface area contributed by atoms with Gasteiger partial charge in [0.05, 0.1) is 30.9 Å². The SMILES string of the molecule is COCC(N)C(=O)NC(CCCc1cccc(OC)c1)B1OC(C)(C)C(C)(C)O1.Cl. The zero-order chi connectivity index (χ0) is 21.7. The summed E-state index contributed by atoms with van der Waals surface area (Å²) in [5, 5.41) is 3.01. The molecule has 2 unspecified atom stereocenters. The molecule has 30 heavy (non-hydrogen) atoms. The van der Waals surface area contributed by atoms with Crippen LogP contribution in [0.2, 0.25) is 0 Å². The predicted octanol–water partition coefficient (Wildman–Crippen LogP) is 2.53. The lowest BCUT2D eigenvalue weighted by molar-refractivity contribution is -0.123. The molecule has 1 aliphatic rings. The van der Waals surface area contributed by atoms with Gasteiger partial charge >= 0.3 is 7.12 Å². The lowest BCUT2D eigenvalue weighted by atomic mass is 9.75. The number of benzene rings is 1. The minimum atomic E-state index is -0.733. The van der Waals surface area contributed by atoms with Crippen molar-refractivity contribution in [1.82, 2.24) is 5.32 Å². The first kappa shape index (κ1) is 26.7. The molecule has 3 N–H and O–H groups in total. The van der Waals surface area contributed by atoms with E-state index in [-0.39, 0.29) is 30.9 Å². The second-order valence-electron chi connectivity index (χ2n) is 8.55. The Morgan fingerprint density at radius 1 is 1.20 bits per heavy atom. The molecule has 1 amide bonds. The highest BCUT2D eigenvalue weighted by atomic mass is 35.5. The van der Waals surface area contributed by atoms with Crippen molar-refractivity contribution < 1.29 is 23.6 Å². The maximum Gasteiger partial charge on any atom is 0.481 e. The average Bonchev–Trinajstić information content (AvgIpc) is 2.88. The van der Waals surface area contributed by atoms with Gasteiger partial charge < -0.3 is 29.8 Å². The first-order valence-electron chi connectivity index (χ1n) is 10.1. The van der Waals surface area contributed by atoms with E-state index in [1.165, 1.54) is 12.7 Å². The third kappa shape index (κ3) is 6.85. The topological polar surface area (TPSA) is 92.0 Å². The Hall–Kier alpha value is -1.32. The highest BCUT2D eigenvalue weighted by Crippen LogP contribution is 2.38. The van der Waals surface area contributed by atoms with Gasteiger partial charge in [0, 0.05) is 7.11 Å². The van der Waals surface area contributed by atoms with E-state index in [2.05, 4.69) is 11.4 Å². The molecule has 1 saturated heterocycles. The van der Waals surface area contributed by atoms with Crippen molar-refractivity contribution in [3.8, 4) is 5.75 Å². The molecule has 0 aliphatic carbocycles. The number of halogens is 1. The summed E-state index contributed by atoms with van der Waals surface area (Å²) >= 11 is 0. The lowest BCUT2D eigenvalue weighted by Crippen LogP contribution is -2.53. The number of ether oxygens (including phenoxy) is 2. The molecule has 2 rings (SSSR count). The first-order chi connectivity index (χ1) is 13.6. The molecule has 0 radical (unpaired) electrons. The minimum absolute atomic E-state index is 0. The number of nitrogens with one attached hydrogen (secondary N) is 1. The fourth-order valence-electron chi connectivity index (χ4n) is 3.23. The van der Waals surface area contributed by atoms with Gasteiger partial charge in [-0.1, -0.05) is 12.1 Å². The maximum absolute atomic E-state index is 12.5. The fourth-order valence-corrected chi connectivity index (χ4v) is 3.23. The number of carbonyl (C=O) groups excluding carboxylic acids is 1. The third-order valence-corrected chi connectivity index (χ3v) is 5.73. The van der Waals surface area contributed by atoms with Gasteiger partial charge in [-0.3, -0.25) is 4.79 Å². The smallest absolute Gasteiger partial charge is 0.481 e. The van der Waals surface area contributed by atoms with E-state index in [1.807, 2.05) is 45.9 Å². The largest absolute Gasteiger partial charge is 0.497 e. The Kier molecular flexibility index (Phi) is 10.1. The summed E-state index contributed by atoms with van der Waals surface area (Å²) in [4.78, 5) is 12.5. The highest BCUT2D eigenvalue weighted by Gasteiger charge is 2.54. The fraction of sp³-hybridized carbons (Fsp3) is 0.667. The van der Waals surface area contributed by atoms with E-state index in [1.54, 1.807) is 7.11 Å². The predicted molar refractivity (Wildman–Crippen MR) is 121 cm³/mol. The van der Waals surface area contributed by atoms with Gasteiger partial charge in [0.15, 0.2) is 0 Å². The van der Waals surface area contributed by atoms with E-state index in [4.69, 9.17) is 24.5 Å². The summed E-state index contributed by atoms with van der Waals surface area (Å²) in [6, 6.07) is 7.26. The number of carbonyl (C=O) groups is 1. The van der Waals surface area contributed by atoms with Crippen LogP contribution < -0.4 is 15.8 Å². The van der Waals surface area contributed by atoms with Crippen molar-refractivity contribution in [2.45, 2.75) is 70.1 Å². The number of nitrogens with two attached hydrogens (primary N) is 1. The first-order valence-corrected chi connectivity index (χ1v) is 10.1. The van der Waals surface area contributed by atoms with E-state index in [9.17, 15) is 4.79 Å². The van der Waals surface area contributed by atoms with Crippen LogP contribution in [0.25, 0.3) is 0 Å². The van der Waals surface area contributed by atoms with Gasteiger partial charge in [0.2, 0.25) is 5.91 Å². The van der Waals surface area contributed by atoms with Crippen LogP contribution in [-0.4, -0.2) is 57.0 Å². The summed E-state index contributed by atoms with van der Waals surface area (Å²) in [5.41, 5.74) is 6.14. The van der Waals surface area contributed by atoms with Gasteiger partial charge in [-0.15, -0.1) is 12.4 Å². The zero-order valence-corrected chi connectivity index (χ0v) is 19.7. The summed E-state index contributed by atoms with van der Waals surface area (Å²) in [6.45, 7) is 8.15. The molecular formula is C21H36BClN2O5. The molecule has 1 aromatic carbocycles. The zero-order valence-electron chi connectivity index (χ0n) is 18.9. The lowest BCUT2D eigenvalue weighted by Gasteiger charge is -2.32. The van der Waals surface area contributed by atoms with Crippen LogP contribution in [0.4, 0.5) is 0 Å². The van der Waals surface area contributed by atoms with Gasteiger partial charge in [-0.25, -0.2) is 0 Å². The molecule has 0 aromatic heterocycles. The van der Waals surface area contributed by atoms with Crippen molar-refractivity contribution in [3.63, 3.8) is 0 Å². The van der Waals surface area contributed by atoms with Gasteiger partial charge in [-0.05, 0) is 64.7 Å². The molecule has 2 atom stereocenters. The molecule has 1 heterocycles. The molecule has 0 saturated carbocycles. The van der Waals surface area contributed by atoms with Gasteiger partial charge in [0.25, 0.3) is 0 Å². The Balaban J connectivity index is 0.00000450. The molecule has 7 nitrogen and oxygen atoms in total. The van der Waals surface area contributed by atoms with E-state index < -0.39 is 24.4 Å². The van der Waals surface area contributed by atoms with Crippen molar-refractivity contribution >= 4 is 25.4 Å². The van der Waals surface area contributed by atoms with Crippen LogP contribution in [0.15, 0.2) is 24.3 Å². The van der Waals surface area contributed by atoms with Crippen molar-refractivity contribution in [3.05, 3.63) is 29.8 Å². The Morgan fingerprint density at radius 2 is 1.83 bits per heavy atom. The average molecular weight is 443 g/mol. The Labute approximate surface area is 186 Å². The number of methoxy groups -OCH3 is 2. The van der Waals surface area contributed by atoms with Gasteiger partial charge in [0.1, 0.15) is 11.8 Å². The molecule has 1 aliphatic heterocycles. The number of hydrogen-bond acceptors (Lipinski definition) is 6. The van der Waals surface area contributed by atoms with Crippen molar-refractivity contribution in [1.29, 1.82) is 0 Å². The highest BCUT2D eigenvalue weighted by molar-refractivity contribution is 6.48. The second kappa shape index (κ2) is 11.3. The summed E-state index contributed by atoms with van der Waals surface area (Å²) < 4.78 is 22.6. The van der Waals surface area contributed by atoms with Crippen molar-refractivity contribution in [2.75, 3.05) is 20.8 Å². The molecule has 1 fully saturated rings. The van der Waals surface area contributed by atoms with Crippen LogP contribution in [-0.2, 0) is 25.3 Å². The number of amides is 1. The second-order valence-corrected chi connectivity index (χ2v) is 8.55. The van der Waals surface area contributed by atoms with Crippen LogP contribution >= 0.6 is 12.4 Å². The summed E-state index contributed by atoms with van der Waals surface area (Å²) in [6.07, 6.45) is 2.40. The van der Waals surface area contributed by atoms with E-state index in [0.29, 0.717) is 6.42 Å². The van der Waals surface area contributed by atoms with E-state index >= 15 is 0 Å². The summed E-state index contributed by atoms with van der Waals surface area (Å²) in [7, 11) is 2.64. The third-order valence-electron chi connectivity index (χ3n) is 5.73. The Bertz CT molecular complexity index is 673. The number of hydrogen-bond donors (Lipinski definition) is 2. The molecule has 0 spiro atoms. The minimum Gasteiger partial charge on any atom is -0.497 e. The van der Waals surface area contributed by atoms with E-state index in [0.717, 1.165) is 18.6 Å². The van der Waals surface area contributed by atoms with Crippen molar-refractivity contribution in [2.24, 2.45) is 5.73 Å². The normalized spacial score (nSPS) is 19.0. The maximum atomic E-state index is 12.5. The molecule has 1 aromatic rings. The van der Waals surface area contributed by atoms with Crippen LogP contribution in [0, 0.1) is 0 Å². The van der Waals surface area contributed by atoms with Crippen LogP contribution in [0.3, 0.4) is 0 Å². The van der Waals surface area contributed by atoms with Gasteiger partial charge in [-0.2, -0.15) is 0 Å². The summed E-state index contributed by atoms with van der Waals surface area (Å²) in [5.74, 6) is 0.258. The molecular weight excluding hydrogens is 407 g/mol. The quantitative estimate of drug-likeness (QED) is 0.541. The molecule has 9 heteroatoms. The standard InChI is InChI=1S/C21H35BN2O5.ClH/c1-20(2)21(3,4)29-22(28-20)18(24-19(25)17(23)14-26-5)12-8-10-15-9-7-11-16(13-15)27-6;/h7,9,11,13,17-18H,8,10,12,14,23H2,1-6H3,(H,24,25);1H. The Morgan fingerprint density at radius 3 is 2.40 bits per heavy atom. The number of rotatable bonds is 10. The monoisotopic (exact) mass is 442 g/mol. The van der Waals surface area contributed by atoms with Crippen LogP contribution in [0.5, 0.6) is 5.75 Å². The molecule has 170 valence electrons. The molecule has 0 bridgehead atoms. The number of aryl methyl sites for hydroxylation is 1.